The SMILES string of the molecule is CCOC(=O)c1nc(Sc2ccnc(N3CC(C(C)O)C3)c2Cl)cnc1N1CCC2(CC1)CO[C@@H](C)C2. The number of anilines is 2. The van der Waals surface area contributed by atoms with Crippen molar-refractivity contribution >= 4 is 41.0 Å². The summed E-state index contributed by atoms with van der Waals surface area (Å²) in [6.45, 7) is 9.81. The molecule has 200 valence electrons. The zero-order valence-corrected chi connectivity index (χ0v) is 23.1. The minimum Gasteiger partial charge on any atom is -0.461 e. The Bertz CT molecular complexity index is 1140. The van der Waals surface area contributed by atoms with Gasteiger partial charge in [0, 0.05) is 43.2 Å². The van der Waals surface area contributed by atoms with E-state index in [1.54, 1.807) is 26.2 Å². The van der Waals surface area contributed by atoms with Gasteiger partial charge in [-0.2, -0.15) is 0 Å². The van der Waals surface area contributed by atoms with Crippen LogP contribution in [0.25, 0.3) is 0 Å². The van der Waals surface area contributed by atoms with E-state index in [9.17, 15) is 9.90 Å². The third-order valence-electron chi connectivity index (χ3n) is 7.66. The summed E-state index contributed by atoms with van der Waals surface area (Å²) in [5.41, 5.74) is 0.455. The van der Waals surface area contributed by atoms with Crippen molar-refractivity contribution in [3.63, 3.8) is 0 Å². The zero-order chi connectivity index (χ0) is 26.2. The molecule has 1 N–H and O–H groups in total. The molecule has 37 heavy (non-hydrogen) atoms. The molecule has 3 fully saturated rings. The highest BCUT2D eigenvalue weighted by Crippen LogP contribution is 2.43. The van der Waals surface area contributed by atoms with Crippen molar-refractivity contribution in [3.05, 3.63) is 29.2 Å². The lowest BCUT2D eigenvalue weighted by molar-refractivity contribution is 0.0518. The number of aliphatic hydroxyl groups is 1. The van der Waals surface area contributed by atoms with Crippen LogP contribution in [0.15, 0.2) is 28.4 Å². The van der Waals surface area contributed by atoms with Crippen LogP contribution in [-0.2, 0) is 9.47 Å². The number of carbonyl (C=O) groups is 1. The Labute approximate surface area is 226 Å². The first-order valence-corrected chi connectivity index (χ1v) is 14.1. The summed E-state index contributed by atoms with van der Waals surface area (Å²) < 4.78 is 11.2. The molecule has 3 aliphatic rings. The monoisotopic (exact) mass is 547 g/mol. The van der Waals surface area contributed by atoms with Crippen molar-refractivity contribution < 1.29 is 19.4 Å². The summed E-state index contributed by atoms with van der Waals surface area (Å²) >= 11 is 8.07. The fourth-order valence-electron chi connectivity index (χ4n) is 5.39. The van der Waals surface area contributed by atoms with Gasteiger partial charge in [0.15, 0.2) is 11.5 Å². The summed E-state index contributed by atoms with van der Waals surface area (Å²) in [6, 6.07) is 1.83. The van der Waals surface area contributed by atoms with Gasteiger partial charge < -0.3 is 24.4 Å². The van der Waals surface area contributed by atoms with Crippen LogP contribution >= 0.6 is 23.4 Å². The van der Waals surface area contributed by atoms with Gasteiger partial charge in [-0.15, -0.1) is 0 Å². The highest BCUT2D eigenvalue weighted by molar-refractivity contribution is 7.99. The van der Waals surface area contributed by atoms with Gasteiger partial charge in [-0.3, -0.25) is 0 Å². The van der Waals surface area contributed by atoms with Gasteiger partial charge in [0.05, 0.1) is 36.6 Å². The van der Waals surface area contributed by atoms with Gasteiger partial charge in [0.25, 0.3) is 0 Å². The maximum absolute atomic E-state index is 12.9. The largest absolute Gasteiger partial charge is 0.461 e. The van der Waals surface area contributed by atoms with Crippen LogP contribution in [0.2, 0.25) is 5.02 Å². The number of halogens is 1. The number of aliphatic hydroxyl groups excluding tert-OH is 1. The van der Waals surface area contributed by atoms with Gasteiger partial charge >= 0.3 is 5.97 Å². The Kier molecular flexibility index (Phi) is 7.81. The number of hydrogen-bond acceptors (Lipinski definition) is 10. The maximum Gasteiger partial charge on any atom is 0.360 e. The molecule has 3 saturated heterocycles. The van der Waals surface area contributed by atoms with E-state index in [2.05, 4.69) is 31.7 Å². The Hall–Kier alpha value is -2.14. The number of piperidine rings is 1. The normalized spacial score (nSPS) is 22.2. The Balaban J connectivity index is 1.34. The smallest absolute Gasteiger partial charge is 0.360 e. The lowest BCUT2D eigenvalue weighted by atomic mass is 9.77. The molecule has 0 bridgehead atoms. The summed E-state index contributed by atoms with van der Waals surface area (Å²) in [4.78, 5) is 31.7. The topological polar surface area (TPSA) is 101 Å². The first kappa shape index (κ1) is 26.5. The fraction of sp³-hybridized carbons (Fsp3) is 0.615. The lowest BCUT2D eigenvalue weighted by Crippen LogP contribution is -2.51. The van der Waals surface area contributed by atoms with Crippen LogP contribution in [-0.4, -0.2) is 77.6 Å². The molecule has 11 heteroatoms. The minimum atomic E-state index is -0.475. The quantitative estimate of drug-likeness (QED) is 0.510. The Morgan fingerprint density at radius 1 is 1.30 bits per heavy atom. The molecule has 3 aliphatic heterocycles. The highest BCUT2D eigenvalue weighted by Gasteiger charge is 2.42. The lowest BCUT2D eigenvalue weighted by Gasteiger charge is -2.42. The van der Waals surface area contributed by atoms with E-state index in [1.165, 1.54) is 11.8 Å². The zero-order valence-electron chi connectivity index (χ0n) is 21.5. The molecular weight excluding hydrogens is 514 g/mol. The van der Waals surface area contributed by atoms with Gasteiger partial charge in [-0.25, -0.2) is 19.7 Å². The van der Waals surface area contributed by atoms with Crippen molar-refractivity contribution in [2.75, 3.05) is 49.2 Å². The van der Waals surface area contributed by atoms with Crippen LogP contribution in [0.3, 0.4) is 0 Å². The number of rotatable bonds is 7. The average molecular weight is 548 g/mol. The molecule has 5 heterocycles. The van der Waals surface area contributed by atoms with E-state index in [0.717, 1.165) is 43.9 Å². The number of hydrogen-bond donors (Lipinski definition) is 1. The number of nitrogens with zero attached hydrogens (tertiary/aromatic N) is 5. The third kappa shape index (κ3) is 5.53. The van der Waals surface area contributed by atoms with Crippen molar-refractivity contribution in [1.29, 1.82) is 0 Å². The predicted octanol–water partition coefficient (Wildman–Crippen LogP) is 4.07. The molecule has 2 aromatic heterocycles. The Morgan fingerprint density at radius 3 is 2.70 bits per heavy atom. The highest BCUT2D eigenvalue weighted by atomic mass is 35.5. The predicted molar refractivity (Wildman–Crippen MR) is 143 cm³/mol. The van der Waals surface area contributed by atoms with E-state index in [0.29, 0.717) is 40.9 Å². The van der Waals surface area contributed by atoms with E-state index in [-0.39, 0.29) is 29.7 Å². The second-order valence-corrected chi connectivity index (χ2v) is 11.8. The molecule has 1 spiro atoms. The van der Waals surface area contributed by atoms with Crippen LogP contribution in [0.5, 0.6) is 0 Å². The van der Waals surface area contributed by atoms with Crippen LogP contribution in [0.4, 0.5) is 11.6 Å². The second-order valence-electron chi connectivity index (χ2n) is 10.4. The number of esters is 1. The van der Waals surface area contributed by atoms with Crippen molar-refractivity contribution in [1.82, 2.24) is 15.0 Å². The number of carbonyl (C=O) groups excluding carboxylic acids is 1. The molecular formula is C26H34ClN5O4S. The first-order valence-electron chi connectivity index (χ1n) is 12.9. The molecule has 5 rings (SSSR count). The maximum atomic E-state index is 12.9. The van der Waals surface area contributed by atoms with Crippen molar-refractivity contribution in [2.45, 2.75) is 62.2 Å². The van der Waals surface area contributed by atoms with Crippen LogP contribution < -0.4 is 9.80 Å². The second kappa shape index (κ2) is 10.9. The van der Waals surface area contributed by atoms with Crippen molar-refractivity contribution in [3.8, 4) is 0 Å². The number of ether oxygens (including phenoxy) is 2. The molecule has 0 radical (unpaired) electrons. The average Bonchev–Trinajstić information content (AvgIpc) is 3.20. The molecule has 2 atom stereocenters. The molecule has 0 saturated carbocycles. The van der Waals surface area contributed by atoms with Crippen LogP contribution in [0.1, 0.15) is 50.5 Å². The third-order valence-corrected chi connectivity index (χ3v) is 9.11. The Morgan fingerprint density at radius 2 is 2.05 bits per heavy atom. The summed E-state index contributed by atoms with van der Waals surface area (Å²) in [6.07, 6.45) is 6.43. The van der Waals surface area contributed by atoms with Gasteiger partial charge in [0.1, 0.15) is 10.8 Å². The summed E-state index contributed by atoms with van der Waals surface area (Å²) in [7, 11) is 0. The molecule has 0 amide bonds. The summed E-state index contributed by atoms with van der Waals surface area (Å²) in [5, 5.41) is 10.9. The molecule has 0 aliphatic carbocycles. The van der Waals surface area contributed by atoms with E-state index in [1.807, 2.05) is 6.07 Å². The van der Waals surface area contributed by atoms with E-state index >= 15 is 0 Å². The van der Waals surface area contributed by atoms with Crippen molar-refractivity contribution in [2.24, 2.45) is 11.3 Å². The fourth-order valence-corrected chi connectivity index (χ4v) is 6.51. The molecule has 2 aromatic rings. The minimum absolute atomic E-state index is 0.217. The molecule has 0 aromatic carbocycles. The van der Waals surface area contributed by atoms with E-state index in [4.69, 9.17) is 21.1 Å². The number of aromatic nitrogens is 3. The number of pyridine rings is 1. The van der Waals surface area contributed by atoms with Gasteiger partial charge in [-0.05, 0) is 51.5 Å². The summed E-state index contributed by atoms with van der Waals surface area (Å²) in [5.74, 6) is 0.993. The van der Waals surface area contributed by atoms with Gasteiger partial charge in [-0.1, -0.05) is 23.4 Å². The standard InChI is InChI=1S/C26H34ClN5O4S/c1-4-35-25(34)22-24(31-9-6-26(7-10-31)11-16(2)36-15-26)29-12-20(30-22)37-19-5-8-28-23(21(19)27)32-13-18(14-32)17(3)33/h5,8,12,16-18,33H,4,6-7,9-11,13-15H2,1-3H3/t16-,17?/m0/s1. The van der Waals surface area contributed by atoms with Crippen LogP contribution in [0, 0.1) is 11.3 Å². The molecule has 9 nitrogen and oxygen atoms in total. The molecule has 1 unspecified atom stereocenters. The van der Waals surface area contributed by atoms with Gasteiger partial charge in [0.2, 0.25) is 0 Å². The van der Waals surface area contributed by atoms with E-state index < -0.39 is 5.97 Å². The first-order chi connectivity index (χ1) is 17.8.